The van der Waals surface area contributed by atoms with Gasteiger partial charge in [0, 0.05) is 37.5 Å². The predicted octanol–water partition coefficient (Wildman–Crippen LogP) is 5.20. The fourth-order valence-corrected chi connectivity index (χ4v) is 7.24. The second-order valence-corrected chi connectivity index (χ2v) is 14.1. The molecule has 41 heavy (non-hydrogen) atoms. The van der Waals surface area contributed by atoms with Gasteiger partial charge in [-0.05, 0) is 59.4 Å². The maximum absolute atomic E-state index is 12.7. The number of fused-ring (bicyclic) bond motifs is 1. The number of carbonyl (C=O) groups is 1. The number of benzene rings is 2. The van der Waals surface area contributed by atoms with Crippen molar-refractivity contribution >= 4 is 15.9 Å². The molecule has 1 spiro atoms. The third-order valence-electron chi connectivity index (χ3n) is 8.38. The van der Waals surface area contributed by atoms with Gasteiger partial charge in [0.05, 0.1) is 30.4 Å². The molecule has 3 aliphatic heterocycles. The zero-order valence-corrected chi connectivity index (χ0v) is 24.2. The summed E-state index contributed by atoms with van der Waals surface area (Å²) in [7, 11) is -3.32. The van der Waals surface area contributed by atoms with Gasteiger partial charge in [-0.25, -0.2) is 13.2 Å². The summed E-state index contributed by atoms with van der Waals surface area (Å²) in [6.07, 6.45) is 4.76. The summed E-state index contributed by atoms with van der Waals surface area (Å²) in [4.78, 5) is 18.5. The number of aromatic nitrogens is 1. The van der Waals surface area contributed by atoms with Crippen molar-refractivity contribution < 1.29 is 27.4 Å². The summed E-state index contributed by atoms with van der Waals surface area (Å²) in [5.41, 5.74) is 4.30. The van der Waals surface area contributed by atoms with Crippen LogP contribution in [0.3, 0.4) is 0 Å². The quantitative estimate of drug-likeness (QED) is 0.382. The zero-order chi connectivity index (χ0) is 28.5. The molecule has 2 fully saturated rings. The lowest BCUT2D eigenvalue weighted by atomic mass is 9.82. The number of piperidine rings is 1. The van der Waals surface area contributed by atoms with Gasteiger partial charge in [-0.3, -0.25) is 4.98 Å². The number of amides is 1. The van der Waals surface area contributed by atoms with Crippen molar-refractivity contribution in [3.63, 3.8) is 0 Å². The Labute approximate surface area is 241 Å². The van der Waals surface area contributed by atoms with Crippen molar-refractivity contribution in [2.45, 2.75) is 49.7 Å². The molecular weight excluding hydrogens is 540 g/mol. The average Bonchev–Trinajstić information content (AvgIpc) is 2.95. The van der Waals surface area contributed by atoms with Crippen LogP contribution in [-0.2, 0) is 37.2 Å². The van der Waals surface area contributed by atoms with Gasteiger partial charge in [0.15, 0.2) is 9.84 Å². The first-order valence-corrected chi connectivity index (χ1v) is 16.0. The molecule has 0 N–H and O–H groups in total. The Hall–Kier alpha value is -3.43. The van der Waals surface area contributed by atoms with E-state index in [0.717, 1.165) is 48.1 Å². The molecule has 0 saturated carbocycles. The maximum Gasteiger partial charge on any atom is 0.409 e. The van der Waals surface area contributed by atoms with E-state index in [9.17, 15) is 13.2 Å². The van der Waals surface area contributed by atoms with Gasteiger partial charge in [-0.1, -0.05) is 43.3 Å². The minimum atomic E-state index is -3.32. The molecule has 0 unspecified atom stereocenters. The van der Waals surface area contributed by atoms with Gasteiger partial charge in [-0.2, -0.15) is 0 Å². The third-order valence-corrected chi connectivity index (χ3v) is 9.89. The van der Waals surface area contributed by atoms with Gasteiger partial charge in [0.25, 0.3) is 0 Å². The summed E-state index contributed by atoms with van der Waals surface area (Å²) in [6, 6.07) is 19.3. The van der Waals surface area contributed by atoms with Gasteiger partial charge in [-0.15, -0.1) is 0 Å². The van der Waals surface area contributed by atoms with Gasteiger partial charge in [0.2, 0.25) is 0 Å². The molecule has 2 aromatic carbocycles. The molecule has 8 nitrogen and oxygen atoms in total. The maximum atomic E-state index is 12.7. The number of hydrogen-bond donors (Lipinski definition) is 0. The van der Waals surface area contributed by atoms with E-state index in [1.54, 1.807) is 29.3 Å². The van der Waals surface area contributed by atoms with E-state index in [0.29, 0.717) is 38.6 Å². The molecule has 0 bridgehead atoms. The molecule has 0 aliphatic carbocycles. The first kappa shape index (κ1) is 27.7. The Balaban J connectivity index is 1.04. The van der Waals surface area contributed by atoms with Crippen LogP contribution >= 0.6 is 0 Å². The third kappa shape index (κ3) is 6.41. The van der Waals surface area contributed by atoms with Crippen LogP contribution in [0.15, 0.2) is 66.9 Å². The van der Waals surface area contributed by atoms with E-state index in [4.69, 9.17) is 14.2 Å². The van der Waals surface area contributed by atoms with E-state index in [1.807, 2.05) is 30.3 Å². The molecule has 1 aromatic heterocycles. The lowest BCUT2D eigenvalue weighted by Crippen LogP contribution is -2.52. The molecule has 6 rings (SSSR count). The largest absolute Gasteiger partial charge is 0.487 e. The lowest BCUT2D eigenvalue weighted by Gasteiger charge is -2.44. The number of rotatable bonds is 7. The summed E-state index contributed by atoms with van der Waals surface area (Å²) in [5.74, 6) is 0.818. The summed E-state index contributed by atoms with van der Waals surface area (Å²) in [6.45, 7) is 5.00. The number of aryl methyl sites for hydroxylation is 1. The van der Waals surface area contributed by atoms with Crippen molar-refractivity contribution in [3.05, 3.63) is 83.7 Å². The number of carbonyl (C=O) groups excluding carboxylic acids is 1. The smallest absolute Gasteiger partial charge is 0.409 e. The van der Waals surface area contributed by atoms with Gasteiger partial charge < -0.3 is 19.1 Å². The molecule has 0 atom stereocenters. The molecule has 4 heterocycles. The normalized spacial score (nSPS) is 19.1. The summed E-state index contributed by atoms with van der Waals surface area (Å²) >= 11 is 0. The van der Waals surface area contributed by atoms with Crippen LogP contribution < -0.4 is 4.74 Å². The van der Waals surface area contributed by atoms with Crippen LogP contribution in [-0.4, -0.2) is 62.9 Å². The Kier molecular flexibility index (Phi) is 7.50. The Morgan fingerprint density at radius 3 is 2.41 bits per heavy atom. The van der Waals surface area contributed by atoms with Crippen LogP contribution in [0.1, 0.15) is 43.0 Å². The first-order chi connectivity index (χ1) is 19.7. The Morgan fingerprint density at radius 1 is 0.976 bits per heavy atom. The topological polar surface area (TPSA) is 95.0 Å². The van der Waals surface area contributed by atoms with Crippen molar-refractivity contribution in [2.75, 3.05) is 32.9 Å². The highest BCUT2D eigenvalue weighted by Gasteiger charge is 2.41. The second kappa shape index (κ2) is 11.1. The van der Waals surface area contributed by atoms with Crippen LogP contribution in [0.2, 0.25) is 0 Å². The van der Waals surface area contributed by atoms with Crippen molar-refractivity contribution in [1.82, 2.24) is 9.88 Å². The zero-order valence-electron chi connectivity index (χ0n) is 23.4. The summed E-state index contributed by atoms with van der Waals surface area (Å²) < 4.78 is 42.7. The minimum Gasteiger partial charge on any atom is -0.487 e. The molecule has 0 radical (unpaired) electrons. The minimum absolute atomic E-state index is 0.0204. The summed E-state index contributed by atoms with van der Waals surface area (Å²) in [5, 5.41) is 0. The molecule has 216 valence electrons. The number of ether oxygens (including phenoxy) is 3. The Morgan fingerprint density at radius 2 is 1.73 bits per heavy atom. The fraction of sp³-hybridized carbons (Fsp3) is 0.438. The van der Waals surface area contributed by atoms with Crippen LogP contribution in [0.25, 0.3) is 11.1 Å². The number of hydrogen-bond acceptors (Lipinski definition) is 7. The Bertz CT molecular complexity index is 1490. The highest BCUT2D eigenvalue weighted by Crippen LogP contribution is 2.41. The van der Waals surface area contributed by atoms with Crippen LogP contribution in [0.4, 0.5) is 4.79 Å². The number of nitrogens with zero attached hydrogens (tertiary/aromatic N) is 2. The second-order valence-electron chi connectivity index (χ2n) is 12.0. The van der Waals surface area contributed by atoms with Crippen LogP contribution in [0, 0.1) is 5.41 Å². The molecule has 1 amide bonds. The van der Waals surface area contributed by atoms with E-state index in [-0.39, 0.29) is 28.6 Å². The SMILES string of the molecule is CC1(COC(=O)N2CCC3(CCc4cc(-c5ccc(CS(=O)(=O)Cc6ccccn6)cc5)ccc4O3)CC2)COC1. The number of sulfone groups is 1. The molecule has 3 aliphatic rings. The van der Waals surface area contributed by atoms with Gasteiger partial charge in [0.1, 0.15) is 18.0 Å². The van der Waals surface area contributed by atoms with Crippen molar-refractivity contribution in [1.29, 1.82) is 0 Å². The monoisotopic (exact) mass is 576 g/mol. The highest BCUT2D eigenvalue weighted by atomic mass is 32.2. The fourth-order valence-electron chi connectivity index (χ4n) is 5.82. The lowest BCUT2D eigenvalue weighted by molar-refractivity contribution is -0.128. The standard InChI is InChI=1S/C32H36N2O6S/c1-31(21-38-22-31)23-39-30(35)34-16-13-32(14-17-34)12-11-27-18-26(9-10-29(27)40-32)25-7-5-24(6-8-25)19-41(36,37)20-28-4-2-3-15-33-28/h2-10,15,18H,11-14,16-17,19-23H2,1H3. The molecule has 9 heteroatoms. The number of pyridine rings is 1. The van der Waals surface area contributed by atoms with Crippen molar-refractivity contribution in [3.8, 4) is 16.9 Å². The van der Waals surface area contributed by atoms with E-state index >= 15 is 0 Å². The van der Waals surface area contributed by atoms with Gasteiger partial charge >= 0.3 is 6.09 Å². The van der Waals surface area contributed by atoms with E-state index in [1.165, 1.54) is 5.56 Å². The van der Waals surface area contributed by atoms with E-state index < -0.39 is 9.84 Å². The van der Waals surface area contributed by atoms with Crippen LogP contribution in [0.5, 0.6) is 5.75 Å². The van der Waals surface area contributed by atoms with E-state index in [2.05, 4.69) is 24.0 Å². The molecule has 3 aromatic rings. The number of likely N-dealkylation sites (tertiary alicyclic amines) is 1. The average molecular weight is 577 g/mol. The predicted molar refractivity (Wildman–Crippen MR) is 155 cm³/mol. The molecular formula is C32H36N2O6S. The first-order valence-electron chi connectivity index (χ1n) is 14.2. The highest BCUT2D eigenvalue weighted by molar-refractivity contribution is 7.89. The molecule has 2 saturated heterocycles. The van der Waals surface area contributed by atoms with Crippen molar-refractivity contribution in [2.24, 2.45) is 5.41 Å².